The van der Waals surface area contributed by atoms with Crippen molar-refractivity contribution in [1.29, 1.82) is 0 Å². The molecule has 0 saturated carbocycles. The van der Waals surface area contributed by atoms with Crippen LogP contribution in [0.3, 0.4) is 0 Å². The average molecular weight is 402 g/mol. The fraction of sp³-hybridized carbons (Fsp3) is 0.250. The third-order valence-electron chi connectivity index (χ3n) is 2.89. The van der Waals surface area contributed by atoms with Crippen molar-refractivity contribution in [2.24, 2.45) is 0 Å². The van der Waals surface area contributed by atoms with Crippen LogP contribution in [0, 0.1) is 10.1 Å². The summed E-state index contributed by atoms with van der Waals surface area (Å²) in [6.45, 7) is 2.45. The fourth-order valence-electron chi connectivity index (χ4n) is 1.80. The predicted molar refractivity (Wildman–Crippen MR) is 100 cm³/mol. The SMILES string of the molecule is CCNc1cc(Oc2ccccc2Cl)ccc1[N+](=O)[O-].CO[P+](=O)OC. The molecule has 0 aliphatic rings. The number of nitrogens with one attached hydrogen (secondary N) is 1. The summed E-state index contributed by atoms with van der Waals surface area (Å²) in [5.41, 5.74) is 0.431. The van der Waals surface area contributed by atoms with Crippen molar-refractivity contribution < 1.29 is 23.3 Å². The highest BCUT2D eigenvalue weighted by molar-refractivity contribution is 7.33. The number of anilines is 1. The Labute approximate surface area is 157 Å². The first-order valence-corrected chi connectivity index (χ1v) is 8.90. The number of nitrogens with zero attached hydrogens (tertiary/aromatic N) is 1. The van der Waals surface area contributed by atoms with Crippen molar-refractivity contribution in [1.82, 2.24) is 0 Å². The van der Waals surface area contributed by atoms with Gasteiger partial charge in [0.1, 0.15) is 17.2 Å². The first kappa shape index (κ1) is 21.8. The Bertz CT molecular complexity index is 753. The normalized spacial score (nSPS) is 9.69. The standard InChI is InChI=1S/C14H13ClN2O3.C2H6O3P/c1-2-16-12-9-10(7-8-13(12)17(18)19)20-14-6-4-3-5-11(14)15;1-4-6(3)5-2/h3-9,16H,2H2,1H3;1-2H3/q;+1. The molecule has 0 heterocycles. The zero-order chi connectivity index (χ0) is 19.5. The largest absolute Gasteiger partial charge is 0.696 e. The van der Waals surface area contributed by atoms with Gasteiger partial charge in [-0.05, 0) is 25.1 Å². The zero-order valence-corrected chi connectivity index (χ0v) is 16.1. The Balaban J connectivity index is 0.000000487. The Morgan fingerprint density at radius 1 is 1.19 bits per heavy atom. The maximum absolute atomic E-state index is 10.9. The number of hydrogen-bond donors (Lipinski definition) is 1. The second kappa shape index (κ2) is 11.4. The van der Waals surface area contributed by atoms with Gasteiger partial charge in [0.05, 0.1) is 24.2 Å². The number of ether oxygens (including phenoxy) is 1. The summed E-state index contributed by atoms with van der Waals surface area (Å²) < 4.78 is 23.9. The van der Waals surface area contributed by atoms with Gasteiger partial charge in [-0.25, -0.2) is 0 Å². The van der Waals surface area contributed by atoms with E-state index < -0.39 is 13.2 Å². The van der Waals surface area contributed by atoms with Crippen LogP contribution >= 0.6 is 19.9 Å². The minimum atomic E-state index is -1.83. The van der Waals surface area contributed by atoms with Crippen LogP contribution in [0.25, 0.3) is 0 Å². The van der Waals surface area contributed by atoms with Gasteiger partial charge >= 0.3 is 8.25 Å². The first-order chi connectivity index (χ1) is 12.4. The molecule has 0 unspecified atom stereocenters. The van der Waals surface area contributed by atoms with Crippen molar-refractivity contribution in [3.8, 4) is 11.5 Å². The van der Waals surface area contributed by atoms with Crippen LogP contribution in [0.4, 0.5) is 11.4 Å². The van der Waals surface area contributed by atoms with Gasteiger partial charge in [0.15, 0.2) is 0 Å². The van der Waals surface area contributed by atoms with E-state index in [4.69, 9.17) is 16.3 Å². The van der Waals surface area contributed by atoms with Crippen LogP contribution < -0.4 is 10.1 Å². The molecule has 0 aliphatic heterocycles. The molecule has 0 aromatic heterocycles. The summed E-state index contributed by atoms with van der Waals surface area (Å²) >= 11 is 6.01. The molecule has 10 heteroatoms. The molecular weight excluding hydrogens is 383 g/mol. The average Bonchev–Trinajstić information content (AvgIpc) is 2.63. The van der Waals surface area contributed by atoms with Crippen LogP contribution in [0.5, 0.6) is 11.5 Å². The summed E-state index contributed by atoms with van der Waals surface area (Å²) in [5, 5.41) is 14.3. The second-order valence-electron chi connectivity index (χ2n) is 4.59. The van der Waals surface area contributed by atoms with Crippen molar-refractivity contribution in [3.05, 3.63) is 57.6 Å². The molecule has 140 valence electrons. The number of rotatable bonds is 7. The van der Waals surface area contributed by atoms with E-state index in [1.807, 2.05) is 6.92 Å². The van der Waals surface area contributed by atoms with Gasteiger partial charge in [0.2, 0.25) is 0 Å². The van der Waals surface area contributed by atoms with Gasteiger partial charge in [-0.15, -0.1) is 9.05 Å². The summed E-state index contributed by atoms with van der Waals surface area (Å²) in [6, 6.07) is 11.6. The summed E-state index contributed by atoms with van der Waals surface area (Å²) in [7, 11) is 0.817. The molecule has 26 heavy (non-hydrogen) atoms. The van der Waals surface area contributed by atoms with Crippen molar-refractivity contribution >= 4 is 31.2 Å². The molecule has 0 aliphatic carbocycles. The van der Waals surface area contributed by atoms with Crippen LogP contribution in [-0.4, -0.2) is 25.7 Å². The van der Waals surface area contributed by atoms with Crippen LogP contribution in [-0.2, 0) is 13.6 Å². The van der Waals surface area contributed by atoms with Crippen LogP contribution in [0.2, 0.25) is 5.02 Å². The van der Waals surface area contributed by atoms with Crippen molar-refractivity contribution in [2.75, 3.05) is 26.1 Å². The monoisotopic (exact) mass is 401 g/mol. The smallest absolute Gasteiger partial charge is 0.456 e. The predicted octanol–water partition coefficient (Wildman–Crippen LogP) is 5.41. The van der Waals surface area contributed by atoms with E-state index in [0.717, 1.165) is 0 Å². The molecule has 2 aromatic rings. The van der Waals surface area contributed by atoms with E-state index in [-0.39, 0.29) is 5.69 Å². The minimum absolute atomic E-state index is 0.0124. The first-order valence-electron chi connectivity index (χ1n) is 7.43. The van der Waals surface area contributed by atoms with E-state index >= 15 is 0 Å². The molecule has 0 fully saturated rings. The van der Waals surface area contributed by atoms with Crippen LogP contribution in [0.1, 0.15) is 6.92 Å². The molecule has 8 nitrogen and oxygen atoms in total. The second-order valence-corrected chi connectivity index (χ2v) is 6.17. The number of para-hydroxylation sites is 1. The molecule has 2 rings (SSSR count). The number of hydrogen-bond acceptors (Lipinski definition) is 7. The van der Waals surface area contributed by atoms with Gasteiger partial charge < -0.3 is 10.1 Å². The van der Waals surface area contributed by atoms with Gasteiger partial charge in [0.25, 0.3) is 5.69 Å². The van der Waals surface area contributed by atoms with E-state index in [9.17, 15) is 14.7 Å². The van der Waals surface area contributed by atoms with Crippen molar-refractivity contribution in [2.45, 2.75) is 6.92 Å². The maximum Gasteiger partial charge on any atom is 0.696 e. The third-order valence-corrected chi connectivity index (χ3v) is 3.80. The lowest BCUT2D eigenvalue weighted by atomic mass is 10.2. The van der Waals surface area contributed by atoms with Crippen LogP contribution in [0.15, 0.2) is 42.5 Å². The van der Waals surface area contributed by atoms with E-state index in [2.05, 4.69) is 14.4 Å². The van der Waals surface area contributed by atoms with Gasteiger partial charge in [-0.2, -0.15) is 0 Å². The van der Waals surface area contributed by atoms with Gasteiger partial charge in [-0.3, -0.25) is 10.1 Å². The molecule has 0 spiro atoms. The van der Waals surface area contributed by atoms with Gasteiger partial charge in [-0.1, -0.05) is 23.7 Å². The lowest BCUT2D eigenvalue weighted by molar-refractivity contribution is -0.384. The summed E-state index contributed by atoms with van der Waals surface area (Å²) in [5.74, 6) is 0.991. The maximum atomic E-state index is 10.9. The summed E-state index contributed by atoms with van der Waals surface area (Å²) in [4.78, 5) is 10.5. The molecular formula is C16H19ClN2O6P+. The molecule has 0 saturated heterocycles. The Morgan fingerprint density at radius 2 is 1.85 bits per heavy atom. The van der Waals surface area contributed by atoms with Gasteiger partial charge in [0, 0.05) is 23.2 Å². The topological polar surface area (TPSA) is 99.9 Å². The molecule has 0 radical (unpaired) electrons. The molecule has 2 aromatic carbocycles. The Kier molecular flexibility index (Phi) is 9.54. The minimum Gasteiger partial charge on any atom is -0.456 e. The Hall–Kier alpha value is -2.25. The number of halogens is 1. The summed E-state index contributed by atoms with van der Waals surface area (Å²) in [6.07, 6.45) is 0. The zero-order valence-electron chi connectivity index (χ0n) is 14.5. The molecule has 0 bridgehead atoms. The van der Waals surface area contributed by atoms with Crippen molar-refractivity contribution in [3.63, 3.8) is 0 Å². The molecule has 1 N–H and O–H groups in total. The highest BCUT2D eigenvalue weighted by atomic mass is 35.5. The number of benzene rings is 2. The highest BCUT2D eigenvalue weighted by Crippen LogP contribution is 2.33. The highest BCUT2D eigenvalue weighted by Gasteiger charge is 2.14. The molecule has 0 amide bonds. The Morgan fingerprint density at radius 3 is 2.35 bits per heavy atom. The number of nitro benzene ring substituents is 1. The van der Waals surface area contributed by atoms with E-state index in [0.29, 0.717) is 28.8 Å². The lowest BCUT2D eigenvalue weighted by Gasteiger charge is -2.10. The fourth-order valence-corrected chi connectivity index (χ4v) is 2.12. The quantitative estimate of drug-likeness (QED) is 0.376. The van der Waals surface area contributed by atoms with E-state index in [1.165, 1.54) is 20.3 Å². The van der Waals surface area contributed by atoms with E-state index in [1.54, 1.807) is 36.4 Å². The molecule has 0 atom stereocenters. The number of nitro groups is 1. The third kappa shape index (κ3) is 6.93. The lowest BCUT2D eigenvalue weighted by Crippen LogP contribution is -2.01.